The number of hydrazone groups is 1. The molecule has 2 rings (SSSR count). The van der Waals surface area contributed by atoms with Gasteiger partial charge in [-0.1, -0.05) is 24.3 Å². The molecule has 0 aromatic heterocycles. The number of nitrogens with one attached hydrogen (secondary N) is 1. The van der Waals surface area contributed by atoms with Crippen LogP contribution in [0.1, 0.15) is 11.1 Å². The van der Waals surface area contributed by atoms with Gasteiger partial charge in [-0.15, -0.1) is 11.6 Å². The molecule has 0 heterocycles. The zero-order chi connectivity index (χ0) is 17.5. The predicted molar refractivity (Wildman–Crippen MR) is 91.6 cm³/mol. The van der Waals surface area contributed by atoms with Crippen molar-refractivity contribution in [2.24, 2.45) is 5.10 Å². The Bertz CT molecular complexity index is 778. The largest absolute Gasteiger partial charge is 0.301 e. The Morgan fingerprint density at radius 2 is 1.71 bits per heavy atom. The van der Waals surface area contributed by atoms with E-state index in [-0.39, 0.29) is 11.4 Å². The number of nitrogens with zero attached hydrogens (tertiary/aromatic N) is 3. The number of hydrogen-bond acceptors (Lipinski definition) is 6. The van der Waals surface area contributed by atoms with Crippen LogP contribution in [0, 0.1) is 20.2 Å². The number of rotatable bonds is 7. The molecule has 0 spiro atoms. The van der Waals surface area contributed by atoms with Gasteiger partial charge in [-0.3, -0.25) is 25.7 Å². The van der Waals surface area contributed by atoms with Gasteiger partial charge >= 0.3 is 5.69 Å². The lowest BCUT2D eigenvalue weighted by Gasteiger charge is -2.02. The fraction of sp³-hybridized carbons (Fsp3) is 0.133. The molecule has 0 amide bonds. The molecule has 0 fully saturated rings. The Balaban J connectivity index is 2.04. The monoisotopic (exact) mass is 348 g/mol. The van der Waals surface area contributed by atoms with Crippen LogP contribution in [0.3, 0.4) is 0 Å². The molecule has 0 saturated carbocycles. The van der Waals surface area contributed by atoms with Crippen LogP contribution in [0.2, 0.25) is 0 Å². The van der Waals surface area contributed by atoms with E-state index in [0.717, 1.165) is 17.2 Å². The number of halogens is 1. The van der Waals surface area contributed by atoms with Crippen molar-refractivity contribution < 1.29 is 9.85 Å². The lowest BCUT2D eigenvalue weighted by molar-refractivity contribution is -0.393. The van der Waals surface area contributed by atoms with Crippen LogP contribution in [-0.2, 0) is 12.3 Å². The quantitative estimate of drug-likeness (QED) is 0.353. The Hall–Kier alpha value is -3.00. The molecule has 0 saturated heterocycles. The van der Waals surface area contributed by atoms with E-state index >= 15 is 0 Å². The molecule has 0 radical (unpaired) electrons. The molecule has 0 bridgehead atoms. The third-order valence-corrected chi connectivity index (χ3v) is 3.48. The van der Waals surface area contributed by atoms with Gasteiger partial charge in [-0.2, -0.15) is 5.10 Å². The van der Waals surface area contributed by atoms with Gasteiger partial charge in [0.1, 0.15) is 5.69 Å². The number of hydrogen-bond donors (Lipinski definition) is 1. The minimum atomic E-state index is -0.699. The topological polar surface area (TPSA) is 111 Å². The van der Waals surface area contributed by atoms with Crippen LogP contribution in [-0.4, -0.2) is 16.1 Å². The molecular weight excluding hydrogens is 336 g/mol. The molecule has 2 aromatic rings. The number of alkyl halides is 1. The first-order valence-electron chi connectivity index (χ1n) is 6.85. The molecule has 0 aliphatic heterocycles. The van der Waals surface area contributed by atoms with Gasteiger partial charge in [0.2, 0.25) is 0 Å². The Labute approximate surface area is 142 Å². The molecule has 8 nitrogen and oxygen atoms in total. The molecule has 9 heteroatoms. The summed E-state index contributed by atoms with van der Waals surface area (Å²) in [5, 5.41) is 25.6. The SMILES string of the molecule is O=[N+]([O-])c1ccc(N/N=C/Cc2ccc(CCl)cc2)c([N+](=O)[O-])c1. The van der Waals surface area contributed by atoms with Gasteiger partial charge in [0.15, 0.2) is 0 Å². The third kappa shape index (κ3) is 4.50. The molecule has 1 N–H and O–H groups in total. The molecule has 2 aromatic carbocycles. The summed E-state index contributed by atoms with van der Waals surface area (Å²) in [5.74, 6) is 0.444. The molecular formula is C15H13ClN4O4. The fourth-order valence-corrected chi connectivity index (χ4v) is 2.09. The van der Waals surface area contributed by atoms with Crippen LogP contribution >= 0.6 is 11.6 Å². The first-order chi connectivity index (χ1) is 11.5. The maximum atomic E-state index is 11.0. The summed E-state index contributed by atoms with van der Waals surface area (Å²) in [6, 6.07) is 11.0. The van der Waals surface area contributed by atoms with Crippen molar-refractivity contribution in [3.05, 3.63) is 73.8 Å². The summed E-state index contributed by atoms with van der Waals surface area (Å²) >= 11 is 5.71. The van der Waals surface area contributed by atoms with E-state index in [2.05, 4.69) is 10.5 Å². The van der Waals surface area contributed by atoms with Crippen molar-refractivity contribution in [3.63, 3.8) is 0 Å². The Kier molecular flexibility index (Phi) is 5.80. The Morgan fingerprint density at radius 1 is 1.04 bits per heavy atom. The second-order valence-corrected chi connectivity index (χ2v) is 5.06. The smallest absolute Gasteiger partial charge is 0.272 e. The zero-order valence-electron chi connectivity index (χ0n) is 12.4. The minimum Gasteiger partial charge on any atom is -0.272 e. The van der Waals surface area contributed by atoms with E-state index in [0.29, 0.717) is 12.3 Å². The second kappa shape index (κ2) is 8.02. The van der Waals surface area contributed by atoms with Crippen molar-refractivity contribution >= 4 is 34.9 Å². The van der Waals surface area contributed by atoms with Gasteiger partial charge in [0, 0.05) is 24.6 Å². The lowest BCUT2D eigenvalue weighted by atomic mass is 10.1. The lowest BCUT2D eigenvalue weighted by Crippen LogP contribution is -1.99. The van der Waals surface area contributed by atoms with Crippen LogP contribution in [0.4, 0.5) is 17.1 Å². The summed E-state index contributed by atoms with van der Waals surface area (Å²) in [4.78, 5) is 20.3. The van der Waals surface area contributed by atoms with Crippen LogP contribution in [0.5, 0.6) is 0 Å². The maximum absolute atomic E-state index is 11.0. The highest BCUT2D eigenvalue weighted by Gasteiger charge is 2.18. The molecule has 0 unspecified atom stereocenters. The number of non-ortho nitro benzene ring substituents is 1. The number of anilines is 1. The minimum absolute atomic E-state index is 0.0827. The standard InChI is InChI=1S/C15H13ClN4O4/c16-10-12-3-1-11(2-4-12)7-8-17-18-14-6-5-13(19(21)22)9-15(14)20(23)24/h1-6,8-9,18H,7,10H2/b17-8+. The third-order valence-electron chi connectivity index (χ3n) is 3.17. The highest BCUT2D eigenvalue weighted by molar-refractivity contribution is 6.17. The summed E-state index contributed by atoms with van der Waals surface area (Å²) in [7, 11) is 0. The maximum Gasteiger partial charge on any atom is 0.301 e. The number of nitro benzene ring substituents is 2. The highest BCUT2D eigenvalue weighted by atomic mass is 35.5. The fourth-order valence-electron chi connectivity index (χ4n) is 1.91. The Morgan fingerprint density at radius 3 is 2.29 bits per heavy atom. The van der Waals surface area contributed by atoms with E-state index in [1.165, 1.54) is 12.1 Å². The van der Waals surface area contributed by atoms with Gasteiger partial charge in [0.25, 0.3) is 5.69 Å². The van der Waals surface area contributed by atoms with Gasteiger partial charge in [-0.25, -0.2) is 0 Å². The van der Waals surface area contributed by atoms with Gasteiger partial charge < -0.3 is 0 Å². The predicted octanol–water partition coefficient (Wildman–Crippen LogP) is 3.88. The normalized spacial score (nSPS) is 10.7. The summed E-state index contributed by atoms with van der Waals surface area (Å²) < 4.78 is 0. The van der Waals surface area contributed by atoms with E-state index in [4.69, 9.17) is 11.6 Å². The zero-order valence-corrected chi connectivity index (χ0v) is 13.1. The molecule has 124 valence electrons. The second-order valence-electron chi connectivity index (χ2n) is 4.79. The van der Waals surface area contributed by atoms with E-state index in [1.807, 2.05) is 24.3 Å². The molecule has 24 heavy (non-hydrogen) atoms. The first kappa shape index (κ1) is 17.4. The summed E-state index contributed by atoms with van der Waals surface area (Å²) in [6.07, 6.45) is 2.08. The molecule has 0 aliphatic carbocycles. The van der Waals surface area contributed by atoms with Crippen LogP contribution in [0.25, 0.3) is 0 Å². The van der Waals surface area contributed by atoms with Crippen LogP contribution in [0.15, 0.2) is 47.6 Å². The highest BCUT2D eigenvalue weighted by Crippen LogP contribution is 2.28. The summed E-state index contributed by atoms with van der Waals surface area (Å²) in [6.45, 7) is 0. The van der Waals surface area contributed by atoms with Crippen molar-refractivity contribution in [2.75, 3.05) is 5.43 Å². The van der Waals surface area contributed by atoms with Gasteiger partial charge in [-0.05, 0) is 17.2 Å². The first-order valence-corrected chi connectivity index (χ1v) is 7.39. The van der Waals surface area contributed by atoms with Crippen molar-refractivity contribution in [1.82, 2.24) is 0 Å². The van der Waals surface area contributed by atoms with Crippen molar-refractivity contribution in [3.8, 4) is 0 Å². The van der Waals surface area contributed by atoms with Crippen molar-refractivity contribution in [2.45, 2.75) is 12.3 Å². The van der Waals surface area contributed by atoms with Gasteiger partial charge in [0.05, 0.1) is 15.9 Å². The summed E-state index contributed by atoms with van der Waals surface area (Å²) in [5.41, 5.74) is 3.88. The molecule has 0 atom stereocenters. The molecule has 0 aliphatic rings. The van der Waals surface area contributed by atoms with Crippen LogP contribution < -0.4 is 5.43 Å². The average Bonchev–Trinajstić information content (AvgIpc) is 2.59. The average molecular weight is 349 g/mol. The van der Waals surface area contributed by atoms with E-state index in [1.54, 1.807) is 6.21 Å². The number of nitro groups is 2. The van der Waals surface area contributed by atoms with Crippen molar-refractivity contribution in [1.29, 1.82) is 0 Å². The van der Waals surface area contributed by atoms with E-state index < -0.39 is 15.5 Å². The van der Waals surface area contributed by atoms with E-state index in [9.17, 15) is 20.2 Å². The number of benzene rings is 2.